The van der Waals surface area contributed by atoms with Gasteiger partial charge < -0.3 is 19.9 Å². The van der Waals surface area contributed by atoms with Gasteiger partial charge in [0.05, 0.1) is 20.3 Å². The van der Waals surface area contributed by atoms with E-state index in [2.05, 4.69) is 15.4 Å². The van der Waals surface area contributed by atoms with Crippen LogP contribution in [0.15, 0.2) is 24.3 Å². The van der Waals surface area contributed by atoms with E-state index in [1.807, 2.05) is 0 Å². The first-order valence-corrected chi connectivity index (χ1v) is 6.55. The van der Waals surface area contributed by atoms with Gasteiger partial charge in [-0.2, -0.15) is 0 Å². The van der Waals surface area contributed by atoms with Gasteiger partial charge in [-0.15, -0.1) is 0 Å². The van der Waals surface area contributed by atoms with Crippen LogP contribution in [0, 0.1) is 0 Å². The molecule has 8 nitrogen and oxygen atoms in total. The molecule has 0 aliphatic carbocycles. The van der Waals surface area contributed by atoms with Crippen molar-refractivity contribution in [1.82, 2.24) is 5.32 Å². The highest BCUT2D eigenvalue weighted by molar-refractivity contribution is 5.98. The van der Waals surface area contributed by atoms with Gasteiger partial charge in [-0.3, -0.25) is 10.1 Å². The van der Waals surface area contributed by atoms with E-state index in [9.17, 15) is 14.4 Å². The van der Waals surface area contributed by atoms with Gasteiger partial charge in [0.2, 0.25) is 0 Å². The summed E-state index contributed by atoms with van der Waals surface area (Å²) in [5.74, 6) is -1.34. The van der Waals surface area contributed by atoms with E-state index in [1.165, 1.54) is 12.1 Å². The number of anilines is 1. The molecule has 0 unspecified atom stereocenters. The van der Waals surface area contributed by atoms with Crippen LogP contribution in [0.2, 0.25) is 0 Å². The lowest BCUT2D eigenvalue weighted by Gasteiger charge is -2.14. The number of esters is 1. The summed E-state index contributed by atoms with van der Waals surface area (Å²) in [6.45, 7) is 1.31. The lowest BCUT2D eigenvalue weighted by Crippen LogP contribution is -2.44. The molecular weight excluding hydrogens is 292 g/mol. The zero-order valence-electron chi connectivity index (χ0n) is 12.3. The third kappa shape index (κ3) is 5.06. The minimum atomic E-state index is -1.15. The predicted octanol–water partition coefficient (Wildman–Crippen LogP) is 0.519. The Kier molecular flexibility index (Phi) is 6.84. The maximum atomic E-state index is 12.0. The van der Waals surface area contributed by atoms with Crippen LogP contribution in [0.3, 0.4) is 0 Å². The highest BCUT2D eigenvalue weighted by atomic mass is 16.5. The molecule has 0 aliphatic heterocycles. The van der Waals surface area contributed by atoms with Crippen molar-refractivity contribution in [2.75, 3.05) is 25.6 Å². The molecule has 1 aromatic carbocycles. The van der Waals surface area contributed by atoms with E-state index < -0.39 is 30.6 Å². The topological polar surface area (TPSA) is 114 Å². The van der Waals surface area contributed by atoms with Crippen molar-refractivity contribution in [1.29, 1.82) is 0 Å². The number of carbonyl (C=O) groups excluding carboxylic acids is 3. The Morgan fingerprint density at radius 3 is 2.64 bits per heavy atom. The number of aliphatic hydroxyl groups is 1. The summed E-state index contributed by atoms with van der Waals surface area (Å²) < 4.78 is 9.19. The molecule has 2 amide bonds. The molecule has 0 radical (unpaired) electrons. The van der Waals surface area contributed by atoms with Crippen LogP contribution >= 0.6 is 0 Å². The smallest absolute Gasteiger partial charge is 0.411 e. The Morgan fingerprint density at radius 2 is 2.05 bits per heavy atom. The van der Waals surface area contributed by atoms with E-state index in [4.69, 9.17) is 9.84 Å². The highest BCUT2D eigenvalue weighted by Crippen LogP contribution is 2.11. The summed E-state index contributed by atoms with van der Waals surface area (Å²) in [6, 6.07) is 4.90. The number of methoxy groups -OCH3 is 1. The summed E-state index contributed by atoms with van der Waals surface area (Å²) in [6.07, 6.45) is -0.636. The fourth-order valence-corrected chi connectivity index (χ4v) is 1.59. The van der Waals surface area contributed by atoms with E-state index >= 15 is 0 Å². The van der Waals surface area contributed by atoms with E-state index in [0.29, 0.717) is 5.69 Å². The number of benzene rings is 1. The average Bonchev–Trinajstić information content (AvgIpc) is 2.52. The molecule has 0 aromatic heterocycles. The highest BCUT2D eigenvalue weighted by Gasteiger charge is 2.21. The van der Waals surface area contributed by atoms with Gasteiger partial charge in [0.15, 0.2) is 6.04 Å². The molecule has 0 saturated carbocycles. The van der Waals surface area contributed by atoms with Crippen LogP contribution in [0.4, 0.5) is 10.5 Å². The Morgan fingerprint density at radius 1 is 1.32 bits per heavy atom. The maximum absolute atomic E-state index is 12.0. The van der Waals surface area contributed by atoms with Crippen molar-refractivity contribution in [2.24, 2.45) is 0 Å². The Labute approximate surface area is 127 Å². The third-order valence-corrected chi connectivity index (χ3v) is 2.62. The number of ether oxygens (including phenoxy) is 2. The average molecular weight is 310 g/mol. The van der Waals surface area contributed by atoms with E-state index in [0.717, 1.165) is 7.11 Å². The quantitative estimate of drug-likeness (QED) is 0.660. The fourth-order valence-electron chi connectivity index (χ4n) is 1.59. The molecular formula is C14H18N2O6. The van der Waals surface area contributed by atoms with Gasteiger partial charge in [0.25, 0.3) is 5.91 Å². The second-order valence-electron chi connectivity index (χ2n) is 4.16. The number of rotatable bonds is 6. The molecule has 0 fully saturated rings. The number of nitrogens with one attached hydrogen (secondary N) is 2. The number of amides is 2. The van der Waals surface area contributed by atoms with Crippen LogP contribution in [0.1, 0.15) is 17.3 Å². The van der Waals surface area contributed by atoms with Crippen LogP contribution in [0.5, 0.6) is 0 Å². The fraction of sp³-hybridized carbons (Fsp3) is 0.357. The van der Waals surface area contributed by atoms with Gasteiger partial charge in [0, 0.05) is 11.3 Å². The largest absolute Gasteiger partial charge is 0.467 e. The molecule has 1 rings (SSSR count). The molecule has 0 spiro atoms. The van der Waals surface area contributed by atoms with Gasteiger partial charge in [-0.25, -0.2) is 9.59 Å². The van der Waals surface area contributed by atoms with Crippen molar-refractivity contribution >= 4 is 23.7 Å². The zero-order chi connectivity index (χ0) is 16.5. The Hall–Kier alpha value is -2.61. The summed E-state index contributed by atoms with van der Waals surface area (Å²) in [5.41, 5.74) is 0.571. The molecule has 1 aromatic rings. The lowest BCUT2D eigenvalue weighted by atomic mass is 10.1. The van der Waals surface area contributed by atoms with Crippen LogP contribution in [-0.4, -0.2) is 49.4 Å². The van der Waals surface area contributed by atoms with Gasteiger partial charge in [-0.05, 0) is 25.1 Å². The number of aliphatic hydroxyl groups excluding tert-OH is 1. The minimum absolute atomic E-state index is 0.205. The van der Waals surface area contributed by atoms with Crippen molar-refractivity contribution in [3.63, 3.8) is 0 Å². The number of hydrogen-bond acceptors (Lipinski definition) is 6. The molecule has 0 aliphatic rings. The maximum Gasteiger partial charge on any atom is 0.411 e. The third-order valence-electron chi connectivity index (χ3n) is 2.62. The van der Waals surface area contributed by atoms with Crippen molar-refractivity contribution in [2.45, 2.75) is 13.0 Å². The second kappa shape index (κ2) is 8.63. The van der Waals surface area contributed by atoms with Crippen molar-refractivity contribution in [3.8, 4) is 0 Å². The first-order chi connectivity index (χ1) is 10.5. The summed E-state index contributed by atoms with van der Waals surface area (Å²) >= 11 is 0. The standard InChI is InChI=1S/C14H18N2O6/c1-3-22-14(20)15-10-6-4-5-9(7-10)12(18)16-11(8-17)13(19)21-2/h4-7,11,17H,3,8H2,1-2H3,(H,15,20)(H,16,18)/t11-/m1/s1. The van der Waals surface area contributed by atoms with Gasteiger partial charge in [0.1, 0.15) is 0 Å². The minimum Gasteiger partial charge on any atom is -0.467 e. The Bertz CT molecular complexity index is 546. The first kappa shape index (κ1) is 17.4. The van der Waals surface area contributed by atoms with Crippen LogP contribution in [0.25, 0.3) is 0 Å². The zero-order valence-corrected chi connectivity index (χ0v) is 12.3. The van der Waals surface area contributed by atoms with Crippen molar-refractivity contribution < 1.29 is 29.0 Å². The van der Waals surface area contributed by atoms with E-state index in [-0.39, 0.29) is 12.2 Å². The van der Waals surface area contributed by atoms with Crippen LogP contribution < -0.4 is 10.6 Å². The second-order valence-corrected chi connectivity index (χ2v) is 4.16. The van der Waals surface area contributed by atoms with E-state index in [1.54, 1.807) is 19.1 Å². The molecule has 8 heteroatoms. The first-order valence-electron chi connectivity index (χ1n) is 6.55. The molecule has 3 N–H and O–H groups in total. The van der Waals surface area contributed by atoms with Crippen LogP contribution in [-0.2, 0) is 14.3 Å². The monoisotopic (exact) mass is 310 g/mol. The summed E-state index contributed by atoms with van der Waals surface area (Å²) in [5, 5.41) is 13.9. The van der Waals surface area contributed by atoms with Gasteiger partial charge in [-0.1, -0.05) is 6.07 Å². The predicted molar refractivity (Wildman–Crippen MR) is 77.4 cm³/mol. The normalized spacial score (nSPS) is 11.2. The molecule has 0 heterocycles. The molecule has 1 atom stereocenters. The summed E-state index contributed by atoms with van der Waals surface area (Å²) in [4.78, 5) is 34.7. The molecule has 22 heavy (non-hydrogen) atoms. The number of carbonyl (C=O) groups is 3. The van der Waals surface area contributed by atoms with Crippen molar-refractivity contribution in [3.05, 3.63) is 29.8 Å². The lowest BCUT2D eigenvalue weighted by molar-refractivity contribution is -0.143. The molecule has 120 valence electrons. The summed E-state index contributed by atoms with van der Waals surface area (Å²) in [7, 11) is 1.15. The van der Waals surface area contributed by atoms with Gasteiger partial charge >= 0.3 is 12.1 Å². The molecule has 0 bridgehead atoms. The SMILES string of the molecule is CCOC(=O)Nc1cccc(C(=O)N[C@H](CO)C(=O)OC)c1. The Balaban J connectivity index is 2.77. The molecule has 0 saturated heterocycles. The number of hydrogen-bond donors (Lipinski definition) is 3.